The number of hydrogen-bond donors (Lipinski definition) is 2. The number of aliphatic carboxylic acids is 1. The SMILES string of the molecule is Clc1cccc(CCC2=N[C@H](c3ccccc3)[C@H](c3ccccc3)N2)c1.O=C(O)C(F)(F)F. The van der Waals surface area contributed by atoms with Crippen molar-refractivity contribution in [3.8, 4) is 0 Å². The van der Waals surface area contributed by atoms with Gasteiger partial charge in [0.15, 0.2) is 0 Å². The van der Waals surface area contributed by atoms with Crippen molar-refractivity contribution < 1.29 is 23.1 Å². The van der Waals surface area contributed by atoms with Gasteiger partial charge in [-0.3, -0.25) is 4.99 Å². The Bertz CT molecular complexity index is 1090. The Morgan fingerprint density at radius 3 is 2.03 bits per heavy atom. The van der Waals surface area contributed by atoms with Crippen LogP contribution in [-0.4, -0.2) is 23.1 Å². The summed E-state index contributed by atoms with van der Waals surface area (Å²) in [7, 11) is 0. The van der Waals surface area contributed by atoms with Crippen molar-refractivity contribution in [1.82, 2.24) is 5.32 Å². The lowest BCUT2D eigenvalue weighted by Crippen LogP contribution is -2.24. The van der Waals surface area contributed by atoms with Crippen LogP contribution in [0.5, 0.6) is 0 Å². The number of rotatable bonds is 5. The van der Waals surface area contributed by atoms with Gasteiger partial charge in [0.05, 0.1) is 11.9 Å². The molecule has 4 nitrogen and oxygen atoms in total. The van der Waals surface area contributed by atoms with Crippen LogP contribution in [0.3, 0.4) is 0 Å². The molecular weight excluding hydrogens is 453 g/mol. The van der Waals surface area contributed by atoms with Crippen LogP contribution in [0.1, 0.15) is 35.2 Å². The van der Waals surface area contributed by atoms with E-state index in [1.807, 2.05) is 24.3 Å². The molecule has 172 valence electrons. The van der Waals surface area contributed by atoms with Gasteiger partial charge < -0.3 is 10.4 Å². The molecule has 2 atom stereocenters. The van der Waals surface area contributed by atoms with Crippen LogP contribution >= 0.6 is 11.6 Å². The van der Waals surface area contributed by atoms with Gasteiger partial charge in [0.25, 0.3) is 0 Å². The predicted molar refractivity (Wildman–Crippen MR) is 122 cm³/mol. The summed E-state index contributed by atoms with van der Waals surface area (Å²) in [4.78, 5) is 13.9. The van der Waals surface area contributed by atoms with Gasteiger partial charge in [-0.15, -0.1) is 0 Å². The van der Waals surface area contributed by atoms with Crippen molar-refractivity contribution in [2.75, 3.05) is 0 Å². The number of nitrogens with zero attached hydrogens (tertiary/aromatic N) is 1. The molecule has 8 heteroatoms. The van der Waals surface area contributed by atoms with Gasteiger partial charge in [-0.1, -0.05) is 84.4 Å². The maximum Gasteiger partial charge on any atom is 0.490 e. The average Bonchev–Trinajstić information content (AvgIpc) is 3.23. The second kappa shape index (κ2) is 11.0. The van der Waals surface area contributed by atoms with Crippen LogP contribution in [0.15, 0.2) is 89.9 Å². The summed E-state index contributed by atoms with van der Waals surface area (Å²) in [6.45, 7) is 0. The molecular formula is C25H22ClF3N2O2. The van der Waals surface area contributed by atoms with Crippen LogP contribution in [-0.2, 0) is 11.2 Å². The third-order valence-electron chi connectivity index (χ3n) is 5.01. The lowest BCUT2D eigenvalue weighted by atomic mass is 9.95. The summed E-state index contributed by atoms with van der Waals surface area (Å²) >= 11 is 6.10. The van der Waals surface area contributed by atoms with Crippen LogP contribution in [0.25, 0.3) is 0 Å². The minimum absolute atomic E-state index is 0.105. The van der Waals surface area contributed by atoms with E-state index < -0.39 is 12.1 Å². The highest BCUT2D eigenvalue weighted by molar-refractivity contribution is 6.30. The molecule has 0 aromatic heterocycles. The highest BCUT2D eigenvalue weighted by Gasteiger charge is 2.38. The molecule has 1 aliphatic rings. The van der Waals surface area contributed by atoms with Crippen molar-refractivity contribution in [3.05, 3.63) is 107 Å². The molecule has 0 aliphatic carbocycles. The van der Waals surface area contributed by atoms with E-state index in [0.29, 0.717) is 0 Å². The Kier molecular flexibility index (Phi) is 8.11. The van der Waals surface area contributed by atoms with Crippen LogP contribution < -0.4 is 5.32 Å². The summed E-state index contributed by atoms with van der Waals surface area (Å²) in [5, 5.41) is 11.6. The van der Waals surface area contributed by atoms with E-state index in [2.05, 4.69) is 66.0 Å². The molecule has 0 fully saturated rings. The normalized spacial score (nSPS) is 17.4. The Morgan fingerprint density at radius 1 is 0.909 bits per heavy atom. The number of amidine groups is 1. The molecule has 0 saturated heterocycles. The molecule has 3 aromatic rings. The molecule has 2 N–H and O–H groups in total. The topological polar surface area (TPSA) is 61.7 Å². The quantitative estimate of drug-likeness (QED) is 0.450. The zero-order valence-corrected chi connectivity index (χ0v) is 18.2. The molecule has 1 aliphatic heterocycles. The fourth-order valence-corrected chi connectivity index (χ4v) is 3.69. The van der Waals surface area contributed by atoms with Crippen molar-refractivity contribution in [2.45, 2.75) is 31.1 Å². The molecule has 1 heterocycles. The number of carboxylic acids is 1. The van der Waals surface area contributed by atoms with E-state index in [-0.39, 0.29) is 12.1 Å². The van der Waals surface area contributed by atoms with Crippen LogP contribution in [0, 0.1) is 0 Å². The van der Waals surface area contributed by atoms with E-state index in [1.54, 1.807) is 0 Å². The molecule has 0 spiro atoms. The van der Waals surface area contributed by atoms with Crippen molar-refractivity contribution in [2.24, 2.45) is 4.99 Å². The zero-order valence-electron chi connectivity index (χ0n) is 17.5. The van der Waals surface area contributed by atoms with Gasteiger partial charge in [0, 0.05) is 11.4 Å². The molecule has 33 heavy (non-hydrogen) atoms. The number of nitrogens with one attached hydrogen (secondary N) is 1. The number of halogens is 4. The Labute approximate surface area is 194 Å². The first-order valence-electron chi connectivity index (χ1n) is 10.2. The number of carboxylic acid groups (broad SMARTS) is 1. The summed E-state index contributed by atoms with van der Waals surface area (Å²) in [6.07, 6.45) is -3.28. The Balaban J connectivity index is 0.000000383. The summed E-state index contributed by atoms with van der Waals surface area (Å²) in [5.74, 6) is -1.69. The van der Waals surface area contributed by atoms with Gasteiger partial charge in [-0.2, -0.15) is 13.2 Å². The second-order valence-corrected chi connectivity index (χ2v) is 7.83. The molecule has 3 aromatic carbocycles. The van der Waals surface area contributed by atoms with Gasteiger partial charge in [-0.25, -0.2) is 4.79 Å². The lowest BCUT2D eigenvalue weighted by molar-refractivity contribution is -0.192. The average molecular weight is 475 g/mol. The molecule has 4 rings (SSSR count). The van der Waals surface area contributed by atoms with Crippen molar-refractivity contribution in [1.29, 1.82) is 0 Å². The number of hydrogen-bond acceptors (Lipinski definition) is 3. The van der Waals surface area contributed by atoms with E-state index in [1.165, 1.54) is 16.7 Å². The van der Waals surface area contributed by atoms with Gasteiger partial charge in [0.1, 0.15) is 6.04 Å². The minimum atomic E-state index is -5.08. The van der Waals surface area contributed by atoms with Gasteiger partial charge in [0.2, 0.25) is 0 Å². The number of carbonyl (C=O) groups is 1. The van der Waals surface area contributed by atoms with Crippen molar-refractivity contribution >= 4 is 23.4 Å². The number of benzene rings is 3. The minimum Gasteiger partial charge on any atom is -0.475 e. The Morgan fingerprint density at radius 2 is 1.48 bits per heavy atom. The monoisotopic (exact) mass is 474 g/mol. The van der Waals surface area contributed by atoms with Gasteiger partial charge in [-0.05, 0) is 35.2 Å². The van der Waals surface area contributed by atoms with Crippen molar-refractivity contribution in [3.63, 3.8) is 0 Å². The Hall–Kier alpha value is -3.32. The van der Waals surface area contributed by atoms with Crippen LogP contribution in [0.2, 0.25) is 5.02 Å². The standard InChI is InChI=1S/C23H21ClN2.C2HF3O2/c24-20-13-7-8-17(16-20)14-15-21-25-22(18-9-3-1-4-10-18)23(26-21)19-11-5-2-6-12-19;3-2(4,5)1(6)7/h1-13,16,22-23H,14-15H2,(H,25,26);(H,6,7)/t22-,23+;. The largest absolute Gasteiger partial charge is 0.490 e. The van der Waals surface area contributed by atoms with E-state index in [4.69, 9.17) is 26.5 Å². The fraction of sp³-hybridized carbons (Fsp3) is 0.200. The zero-order chi connectivity index (χ0) is 23.8. The highest BCUT2D eigenvalue weighted by atomic mass is 35.5. The van der Waals surface area contributed by atoms with Gasteiger partial charge >= 0.3 is 12.1 Å². The molecule has 0 bridgehead atoms. The predicted octanol–water partition coefficient (Wildman–Crippen LogP) is 6.39. The first-order valence-corrected chi connectivity index (χ1v) is 10.6. The second-order valence-electron chi connectivity index (χ2n) is 7.40. The maximum absolute atomic E-state index is 10.6. The van der Waals surface area contributed by atoms with E-state index >= 15 is 0 Å². The fourth-order valence-electron chi connectivity index (χ4n) is 3.47. The van der Waals surface area contributed by atoms with Crippen LogP contribution in [0.4, 0.5) is 13.2 Å². The molecule has 0 radical (unpaired) electrons. The smallest absolute Gasteiger partial charge is 0.475 e. The number of alkyl halides is 3. The van der Waals surface area contributed by atoms with E-state index in [0.717, 1.165) is 23.7 Å². The first-order chi connectivity index (χ1) is 15.7. The molecule has 0 unspecified atom stereocenters. The summed E-state index contributed by atoms with van der Waals surface area (Å²) in [6, 6.07) is 29.4. The maximum atomic E-state index is 10.6. The molecule has 0 amide bonds. The third-order valence-corrected chi connectivity index (χ3v) is 5.25. The highest BCUT2D eigenvalue weighted by Crippen LogP contribution is 2.36. The third kappa shape index (κ3) is 7.08. The molecule has 0 saturated carbocycles. The number of aryl methyl sites for hydroxylation is 1. The summed E-state index contributed by atoms with van der Waals surface area (Å²) < 4.78 is 31.7. The van der Waals surface area contributed by atoms with E-state index in [9.17, 15) is 13.2 Å². The summed E-state index contributed by atoms with van der Waals surface area (Å²) in [5.41, 5.74) is 3.75. The number of aliphatic imine (C=N–C) groups is 1. The first kappa shape index (κ1) is 24.3. The lowest BCUT2D eigenvalue weighted by Gasteiger charge is -2.19.